The van der Waals surface area contributed by atoms with Crippen LogP contribution >= 0.6 is 0 Å². The molecular weight excluding hydrogens is 260 g/mol. The van der Waals surface area contributed by atoms with E-state index in [9.17, 15) is 0 Å². The molecule has 1 N–H and O–H groups in total. The molecule has 4 rings (SSSR count). The quantitative estimate of drug-likeness (QED) is 0.920. The lowest BCUT2D eigenvalue weighted by molar-refractivity contribution is -0.157. The number of benzene rings is 1. The van der Waals surface area contributed by atoms with Gasteiger partial charge >= 0.3 is 0 Å². The third-order valence-corrected chi connectivity index (χ3v) is 5.37. The fourth-order valence-electron chi connectivity index (χ4n) is 3.99. The lowest BCUT2D eigenvalue weighted by Gasteiger charge is -2.61. The van der Waals surface area contributed by atoms with Gasteiger partial charge in [-0.05, 0) is 38.3 Å². The molecule has 3 heteroatoms. The molecule has 1 heterocycles. The lowest BCUT2D eigenvalue weighted by Crippen LogP contribution is -2.64. The number of fused-ring (bicyclic) bond motifs is 1. The average molecular weight is 282 g/mol. The fourth-order valence-corrected chi connectivity index (χ4v) is 3.99. The molecule has 1 aromatic carbocycles. The smallest absolute Gasteiger partial charge is 0.0703 e. The van der Waals surface area contributed by atoms with E-state index in [1.54, 1.807) is 0 Å². The van der Waals surface area contributed by atoms with Gasteiger partial charge < -0.3 is 10.1 Å². The molecule has 1 spiro atoms. The van der Waals surface area contributed by atoms with Crippen molar-refractivity contribution in [3.63, 3.8) is 0 Å². The van der Waals surface area contributed by atoms with Crippen LogP contribution in [0.25, 0.3) is 10.9 Å². The van der Waals surface area contributed by atoms with Gasteiger partial charge in [0.2, 0.25) is 0 Å². The van der Waals surface area contributed by atoms with Crippen LogP contribution in [0.3, 0.4) is 0 Å². The predicted molar refractivity (Wildman–Crippen MR) is 85.5 cm³/mol. The van der Waals surface area contributed by atoms with Crippen molar-refractivity contribution >= 4 is 16.6 Å². The van der Waals surface area contributed by atoms with Gasteiger partial charge in [0.15, 0.2) is 0 Å². The standard InChI is InChI=1S/C18H22N2O/c1-2-21-17-11-16(18(17)8-5-9-18)20-14-10-13-6-3-4-7-15(13)19-12-14/h3-4,6-7,10,12,16-17,20H,2,5,8-9,11H2,1H3. The first kappa shape index (κ1) is 13.1. The molecule has 3 nitrogen and oxygen atoms in total. The van der Waals surface area contributed by atoms with Gasteiger partial charge in [-0.15, -0.1) is 0 Å². The average Bonchev–Trinajstić information content (AvgIpc) is 2.44. The van der Waals surface area contributed by atoms with Crippen molar-refractivity contribution in [1.82, 2.24) is 4.98 Å². The van der Waals surface area contributed by atoms with Crippen molar-refractivity contribution in [3.8, 4) is 0 Å². The maximum Gasteiger partial charge on any atom is 0.0703 e. The Bertz CT molecular complexity index is 650. The van der Waals surface area contributed by atoms with Crippen LogP contribution in [0.2, 0.25) is 0 Å². The fraction of sp³-hybridized carbons (Fsp3) is 0.500. The maximum absolute atomic E-state index is 5.92. The Morgan fingerprint density at radius 3 is 2.95 bits per heavy atom. The van der Waals surface area contributed by atoms with Crippen molar-refractivity contribution < 1.29 is 4.74 Å². The SMILES string of the molecule is CCOC1CC(Nc2cnc3ccccc3c2)C12CCC2. The van der Waals surface area contributed by atoms with E-state index in [0.717, 1.165) is 24.2 Å². The predicted octanol–water partition coefficient (Wildman–Crippen LogP) is 3.99. The minimum Gasteiger partial charge on any atom is -0.380 e. The first-order valence-electron chi connectivity index (χ1n) is 8.05. The second-order valence-corrected chi connectivity index (χ2v) is 6.38. The molecule has 0 aliphatic heterocycles. The molecule has 2 fully saturated rings. The molecule has 110 valence electrons. The summed E-state index contributed by atoms with van der Waals surface area (Å²) in [5.41, 5.74) is 2.59. The van der Waals surface area contributed by atoms with E-state index in [4.69, 9.17) is 4.74 Å². The molecule has 2 atom stereocenters. The van der Waals surface area contributed by atoms with Crippen LogP contribution in [0.15, 0.2) is 36.5 Å². The zero-order chi connectivity index (χ0) is 14.3. The van der Waals surface area contributed by atoms with Gasteiger partial charge in [-0.25, -0.2) is 0 Å². The second-order valence-electron chi connectivity index (χ2n) is 6.38. The van der Waals surface area contributed by atoms with Gasteiger partial charge in [0.05, 0.1) is 23.5 Å². The van der Waals surface area contributed by atoms with Crippen molar-refractivity contribution in [3.05, 3.63) is 36.5 Å². The molecule has 2 aromatic rings. The molecule has 1 aromatic heterocycles. The highest BCUT2D eigenvalue weighted by Gasteiger charge is 2.58. The van der Waals surface area contributed by atoms with Gasteiger partial charge in [0.25, 0.3) is 0 Å². The number of nitrogens with one attached hydrogen (secondary N) is 1. The van der Waals surface area contributed by atoms with E-state index in [1.165, 1.54) is 24.6 Å². The third kappa shape index (κ3) is 2.03. The van der Waals surface area contributed by atoms with Crippen molar-refractivity contribution in [1.29, 1.82) is 0 Å². The number of hydrogen-bond donors (Lipinski definition) is 1. The van der Waals surface area contributed by atoms with Crippen molar-refractivity contribution in [2.24, 2.45) is 5.41 Å². The second kappa shape index (κ2) is 4.99. The number of pyridine rings is 1. The number of rotatable bonds is 4. The Labute approximate surface area is 125 Å². The van der Waals surface area contributed by atoms with Crippen LogP contribution in [-0.2, 0) is 4.74 Å². The Morgan fingerprint density at radius 2 is 2.19 bits per heavy atom. The molecule has 0 amide bonds. The first-order chi connectivity index (χ1) is 10.3. The first-order valence-corrected chi connectivity index (χ1v) is 8.05. The van der Waals surface area contributed by atoms with Crippen LogP contribution in [0.1, 0.15) is 32.6 Å². The Hall–Kier alpha value is -1.61. The van der Waals surface area contributed by atoms with Gasteiger partial charge in [0, 0.05) is 23.4 Å². The maximum atomic E-state index is 5.92. The number of hydrogen-bond acceptors (Lipinski definition) is 3. The van der Waals surface area contributed by atoms with Gasteiger partial charge in [0.1, 0.15) is 0 Å². The number of ether oxygens (including phenoxy) is 1. The third-order valence-electron chi connectivity index (χ3n) is 5.37. The molecular formula is C18H22N2O. The van der Waals surface area contributed by atoms with Crippen molar-refractivity contribution in [2.45, 2.75) is 44.8 Å². The Kier molecular flexibility index (Phi) is 3.11. The highest BCUT2D eigenvalue weighted by molar-refractivity contribution is 5.81. The topological polar surface area (TPSA) is 34.1 Å². The highest BCUT2D eigenvalue weighted by Crippen LogP contribution is 2.58. The van der Waals surface area contributed by atoms with E-state index in [0.29, 0.717) is 17.6 Å². The summed E-state index contributed by atoms with van der Waals surface area (Å²) in [6.07, 6.45) is 7.50. The van der Waals surface area contributed by atoms with E-state index in [1.807, 2.05) is 12.3 Å². The zero-order valence-corrected chi connectivity index (χ0v) is 12.5. The molecule has 0 saturated heterocycles. The number of para-hydroxylation sites is 1. The molecule has 0 bridgehead atoms. The normalized spacial score (nSPS) is 26.3. The summed E-state index contributed by atoms with van der Waals surface area (Å²) in [7, 11) is 0. The van der Waals surface area contributed by atoms with E-state index in [2.05, 4.69) is 41.5 Å². The van der Waals surface area contributed by atoms with Crippen LogP contribution in [0.5, 0.6) is 0 Å². The summed E-state index contributed by atoms with van der Waals surface area (Å²) in [6.45, 7) is 2.93. The van der Waals surface area contributed by atoms with E-state index < -0.39 is 0 Å². The molecule has 2 saturated carbocycles. The molecule has 2 unspecified atom stereocenters. The zero-order valence-electron chi connectivity index (χ0n) is 12.5. The monoisotopic (exact) mass is 282 g/mol. The van der Waals surface area contributed by atoms with Crippen LogP contribution < -0.4 is 5.32 Å². The highest BCUT2D eigenvalue weighted by atomic mass is 16.5. The lowest BCUT2D eigenvalue weighted by atomic mass is 9.51. The van der Waals surface area contributed by atoms with Crippen molar-refractivity contribution in [2.75, 3.05) is 11.9 Å². The summed E-state index contributed by atoms with van der Waals surface area (Å²) < 4.78 is 5.92. The molecule has 2 aliphatic carbocycles. The minimum absolute atomic E-state index is 0.391. The molecule has 2 aliphatic rings. The summed E-state index contributed by atoms with van der Waals surface area (Å²) in [5.74, 6) is 0. The van der Waals surface area contributed by atoms with E-state index >= 15 is 0 Å². The number of aromatic nitrogens is 1. The Balaban J connectivity index is 1.52. The largest absolute Gasteiger partial charge is 0.380 e. The van der Waals surface area contributed by atoms with Crippen LogP contribution in [0.4, 0.5) is 5.69 Å². The summed E-state index contributed by atoms with van der Waals surface area (Å²) in [6, 6.07) is 11.0. The number of nitrogens with zero attached hydrogens (tertiary/aromatic N) is 1. The Morgan fingerprint density at radius 1 is 1.33 bits per heavy atom. The molecule has 0 radical (unpaired) electrons. The van der Waals surface area contributed by atoms with Gasteiger partial charge in [-0.2, -0.15) is 0 Å². The molecule has 21 heavy (non-hydrogen) atoms. The van der Waals surface area contributed by atoms with Gasteiger partial charge in [-0.1, -0.05) is 24.6 Å². The van der Waals surface area contributed by atoms with Crippen LogP contribution in [0, 0.1) is 5.41 Å². The minimum atomic E-state index is 0.391. The van der Waals surface area contributed by atoms with Crippen LogP contribution in [-0.4, -0.2) is 23.7 Å². The number of anilines is 1. The van der Waals surface area contributed by atoms with E-state index in [-0.39, 0.29) is 0 Å². The summed E-state index contributed by atoms with van der Waals surface area (Å²) in [4.78, 5) is 4.55. The summed E-state index contributed by atoms with van der Waals surface area (Å²) in [5, 5.41) is 4.91. The summed E-state index contributed by atoms with van der Waals surface area (Å²) >= 11 is 0. The van der Waals surface area contributed by atoms with Gasteiger partial charge in [-0.3, -0.25) is 4.98 Å².